The van der Waals surface area contributed by atoms with Gasteiger partial charge in [-0.3, -0.25) is 4.79 Å². The van der Waals surface area contributed by atoms with Crippen molar-refractivity contribution in [3.8, 4) is 6.07 Å². The molecule has 0 spiro atoms. The number of carbonyl (C=O) groups is 1. The van der Waals surface area contributed by atoms with E-state index in [9.17, 15) is 10.1 Å². The summed E-state index contributed by atoms with van der Waals surface area (Å²) in [6, 6.07) is 7.68. The summed E-state index contributed by atoms with van der Waals surface area (Å²) in [7, 11) is 0. The first kappa shape index (κ1) is 14.8. The molecule has 2 rings (SSSR count). The number of halogens is 1. The number of carbonyl (C=O) groups excluding carboxylic acids is 1. The molecule has 1 aromatic heterocycles. The second-order valence-corrected chi connectivity index (χ2v) is 6.51. The van der Waals surface area contributed by atoms with Crippen molar-refractivity contribution in [1.29, 1.82) is 5.26 Å². The molecule has 0 aliphatic rings. The van der Waals surface area contributed by atoms with Crippen LogP contribution in [0.15, 0.2) is 22.7 Å². The highest BCUT2D eigenvalue weighted by atomic mass is 79.9. The zero-order chi connectivity index (χ0) is 14.9. The minimum Gasteiger partial charge on any atom is -0.312 e. The fourth-order valence-corrected chi connectivity index (χ4v) is 3.29. The van der Waals surface area contributed by atoms with E-state index in [0.717, 1.165) is 20.5 Å². The number of rotatable bonds is 2. The van der Waals surface area contributed by atoms with Gasteiger partial charge in [-0.05, 0) is 53.9 Å². The maximum absolute atomic E-state index is 12.3. The van der Waals surface area contributed by atoms with Gasteiger partial charge in [-0.15, -0.1) is 11.3 Å². The Labute approximate surface area is 130 Å². The normalized spacial score (nSPS) is 10.2. The lowest BCUT2D eigenvalue weighted by molar-refractivity contribution is 0.102. The molecule has 1 amide bonds. The van der Waals surface area contributed by atoms with Crippen LogP contribution in [0.5, 0.6) is 0 Å². The highest BCUT2D eigenvalue weighted by molar-refractivity contribution is 9.10. The first-order valence-corrected chi connectivity index (χ1v) is 7.63. The number of hydrogen-bond acceptors (Lipinski definition) is 3. The Kier molecular flexibility index (Phi) is 4.26. The molecule has 0 aliphatic carbocycles. The topological polar surface area (TPSA) is 52.9 Å². The monoisotopic (exact) mass is 348 g/mol. The summed E-state index contributed by atoms with van der Waals surface area (Å²) >= 11 is 4.86. The number of benzene rings is 1. The van der Waals surface area contributed by atoms with Gasteiger partial charge in [0.05, 0.1) is 11.1 Å². The average molecular weight is 349 g/mol. The van der Waals surface area contributed by atoms with E-state index in [2.05, 4.69) is 27.3 Å². The molecule has 0 fully saturated rings. The largest absolute Gasteiger partial charge is 0.312 e. The van der Waals surface area contributed by atoms with E-state index in [4.69, 9.17) is 0 Å². The Hall–Kier alpha value is -1.64. The van der Waals surface area contributed by atoms with Crippen molar-refractivity contribution < 1.29 is 4.79 Å². The van der Waals surface area contributed by atoms with Gasteiger partial charge >= 0.3 is 0 Å². The molecule has 102 valence electrons. The molecule has 0 unspecified atom stereocenters. The van der Waals surface area contributed by atoms with Crippen LogP contribution in [-0.4, -0.2) is 5.91 Å². The number of nitrogens with one attached hydrogen (secondary N) is 1. The van der Waals surface area contributed by atoms with Crippen molar-refractivity contribution in [2.24, 2.45) is 0 Å². The Morgan fingerprint density at radius 3 is 2.70 bits per heavy atom. The summed E-state index contributed by atoms with van der Waals surface area (Å²) in [5.41, 5.74) is 3.04. The zero-order valence-electron chi connectivity index (χ0n) is 11.4. The van der Waals surface area contributed by atoms with Crippen LogP contribution >= 0.6 is 27.3 Å². The smallest absolute Gasteiger partial charge is 0.257 e. The minimum atomic E-state index is -0.210. The van der Waals surface area contributed by atoms with E-state index in [-0.39, 0.29) is 5.91 Å². The SMILES string of the molecule is Cc1cccc(C(=O)Nc2sc(C)c(C)c2C#N)c1Br. The minimum absolute atomic E-state index is 0.210. The van der Waals surface area contributed by atoms with Gasteiger partial charge in [-0.25, -0.2) is 0 Å². The van der Waals surface area contributed by atoms with Crippen molar-refractivity contribution >= 4 is 38.2 Å². The average Bonchev–Trinajstić information content (AvgIpc) is 2.67. The van der Waals surface area contributed by atoms with Gasteiger partial charge in [0.15, 0.2) is 0 Å². The number of amides is 1. The third kappa shape index (κ3) is 2.62. The molecular formula is C15H13BrN2OS. The molecule has 1 N–H and O–H groups in total. The van der Waals surface area contributed by atoms with Crippen LogP contribution in [0, 0.1) is 32.1 Å². The number of hydrogen-bond donors (Lipinski definition) is 1. The number of aryl methyl sites for hydroxylation is 2. The second-order valence-electron chi connectivity index (χ2n) is 4.49. The Morgan fingerprint density at radius 1 is 1.35 bits per heavy atom. The molecular weight excluding hydrogens is 336 g/mol. The maximum Gasteiger partial charge on any atom is 0.257 e. The van der Waals surface area contributed by atoms with Crippen molar-refractivity contribution in [2.45, 2.75) is 20.8 Å². The van der Waals surface area contributed by atoms with Crippen LogP contribution < -0.4 is 5.32 Å². The molecule has 0 radical (unpaired) electrons. The van der Waals surface area contributed by atoms with Crippen molar-refractivity contribution in [3.63, 3.8) is 0 Å². The molecule has 0 aliphatic heterocycles. The molecule has 0 saturated heterocycles. The number of thiophene rings is 1. The van der Waals surface area contributed by atoms with Gasteiger partial charge in [0.2, 0.25) is 0 Å². The third-order valence-corrected chi connectivity index (χ3v) is 5.34. The van der Waals surface area contributed by atoms with Gasteiger partial charge in [0.25, 0.3) is 5.91 Å². The molecule has 0 atom stereocenters. The van der Waals surface area contributed by atoms with Crippen LogP contribution in [0.4, 0.5) is 5.00 Å². The van der Waals surface area contributed by atoms with Crippen LogP contribution in [0.2, 0.25) is 0 Å². The predicted octanol–water partition coefficient (Wildman–Crippen LogP) is 4.56. The quantitative estimate of drug-likeness (QED) is 0.864. The molecule has 0 bridgehead atoms. The first-order valence-electron chi connectivity index (χ1n) is 6.02. The van der Waals surface area contributed by atoms with E-state index in [1.54, 1.807) is 6.07 Å². The number of nitrogens with zero attached hydrogens (tertiary/aromatic N) is 1. The summed E-state index contributed by atoms with van der Waals surface area (Å²) in [4.78, 5) is 13.4. The highest BCUT2D eigenvalue weighted by Crippen LogP contribution is 2.32. The fourth-order valence-electron chi connectivity index (χ4n) is 1.84. The van der Waals surface area contributed by atoms with Gasteiger partial charge in [0, 0.05) is 9.35 Å². The second kappa shape index (κ2) is 5.78. The van der Waals surface area contributed by atoms with E-state index >= 15 is 0 Å². The Balaban J connectivity index is 2.36. The first-order chi connectivity index (χ1) is 9.45. The lowest BCUT2D eigenvalue weighted by Gasteiger charge is -2.07. The molecule has 1 heterocycles. The van der Waals surface area contributed by atoms with E-state index in [1.165, 1.54) is 11.3 Å². The number of anilines is 1. The Morgan fingerprint density at radius 2 is 2.05 bits per heavy atom. The van der Waals surface area contributed by atoms with Crippen molar-refractivity contribution in [3.05, 3.63) is 49.8 Å². The molecule has 3 nitrogen and oxygen atoms in total. The van der Waals surface area contributed by atoms with Crippen LogP contribution in [-0.2, 0) is 0 Å². The molecule has 2 aromatic rings. The fraction of sp³-hybridized carbons (Fsp3) is 0.200. The lowest BCUT2D eigenvalue weighted by Crippen LogP contribution is -2.12. The molecule has 20 heavy (non-hydrogen) atoms. The maximum atomic E-state index is 12.3. The molecule has 5 heteroatoms. The summed E-state index contributed by atoms with van der Waals surface area (Å²) in [5.74, 6) is -0.210. The Bertz CT molecular complexity index is 728. The summed E-state index contributed by atoms with van der Waals surface area (Å²) < 4.78 is 0.779. The van der Waals surface area contributed by atoms with Crippen LogP contribution in [0.1, 0.15) is 31.9 Å². The zero-order valence-corrected chi connectivity index (χ0v) is 13.8. The lowest BCUT2D eigenvalue weighted by atomic mass is 10.1. The van der Waals surface area contributed by atoms with Crippen LogP contribution in [0.3, 0.4) is 0 Å². The standard InChI is InChI=1S/C15H13BrN2OS/c1-8-5-4-6-11(13(8)16)14(19)18-15-12(7-17)9(2)10(3)20-15/h4-6H,1-3H3,(H,18,19). The third-order valence-electron chi connectivity index (χ3n) is 3.16. The van der Waals surface area contributed by atoms with Crippen molar-refractivity contribution in [1.82, 2.24) is 0 Å². The summed E-state index contributed by atoms with van der Waals surface area (Å²) in [6.07, 6.45) is 0. The van der Waals surface area contributed by atoms with Crippen molar-refractivity contribution in [2.75, 3.05) is 5.32 Å². The van der Waals surface area contributed by atoms with Gasteiger partial charge in [-0.2, -0.15) is 5.26 Å². The highest BCUT2D eigenvalue weighted by Gasteiger charge is 2.17. The summed E-state index contributed by atoms with van der Waals surface area (Å²) in [6.45, 7) is 5.77. The summed E-state index contributed by atoms with van der Waals surface area (Å²) in [5, 5.41) is 12.6. The van der Waals surface area contributed by atoms with Crippen LogP contribution in [0.25, 0.3) is 0 Å². The molecule has 1 aromatic carbocycles. The number of nitriles is 1. The molecule has 0 saturated carbocycles. The predicted molar refractivity (Wildman–Crippen MR) is 85.3 cm³/mol. The van der Waals surface area contributed by atoms with Gasteiger partial charge < -0.3 is 5.32 Å². The van der Waals surface area contributed by atoms with E-state index in [0.29, 0.717) is 16.1 Å². The van der Waals surface area contributed by atoms with E-state index in [1.807, 2.05) is 32.9 Å². The van der Waals surface area contributed by atoms with E-state index < -0.39 is 0 Å². The van der Waals surface area contributed by atoms with Gasteiger partial charge in [0.1, 0.15) is 11.1 Å². The van der Waals surface area contributed by atoms with Gasteiger partial charge in [-0.1, -0.05) is 12.1 Å².